The molecule has 0 saturated heterocycles. The van der Waals surface area contributed by atoms with Gasteiger partial charge in [0.05, 0.1) is 7.11 Å². The van der Waals surface area contributed by atoms with Gasteiger partial charge in [0.1, 0.15) is 17.4 Å². The predicted octanol–water partition coefficient (Wildman–Crippen LogP) is 3.53. The summed E-state index contributed by atoms with van der Waals surface area (Å²) in [5.41, 5.74) is 1.57. The molecule has 2 N–H and O–H groups in total. The van der Waals surface area contributed by atoms with E-state index in [0.717, 1.165) is 11.3 Å². The maximum atomic E-state index is 12.1. The Morgan fingerprint density at radius 1 is 1.28 bits per heavy atom. The Morgan fingerprint density at radius 3 is 2.80 bits per heavy atom. The number of amides is 1. The number of halogens is 1. The molecule has 0 aliphatic carbocycles. The summed E-state index contributed by atoms with van der Waals surface area (Å²) >= 11 is 5.87. The summed E-state index contributed by atoms with van der Waals surface area (Å²) in [5.74, 6) is 0.321. The molecule has 2 rings (SSSR count). The fraction of sp³-hybridized carbons (Fsp3) is 0.158. The van der Waals surface area contributed by atoms with E-state index in [1.807, 2.05) is 30.3 Å². The van der Waals surface area contributed by atoms with Crippen LogP contribution >= 0.6 is 11.6 Å². The van der Waals surface area contributed by atoms with Crippen LogP contribution in [0.5, 0.6) is 5.75 Å². The van der Waals surface area contributed by atoms with Gasteiger partial charge in [0.25, 0.3) is 5.91 Å². The van der Waals surface area contributed by atoms with Crippen molar-refractivity contribution < 1.29 is 9.53 Å². The number of rotatable bonds is 7. The van der Waals surface area contributed by atoms with E-state index in [1.54, 1.807) is 31.4 Å². The molecule has 0 heterocycles. The molecule has 0 unspecified atom stereocenters. The maximum absolute atomic E-state index is 12.1. The summed E-state index contributed by atoms with van der Waals surface area (Å²) in [4.78, 5) is 12.1. The second-order valence-electron chi connectivity index (χ2n) is 5.15. The summed E-state index contributed by atoms with van der Waals surface area (Å²) in [6, 6.07) is 16.3. The molecule has 2 aromatic carbocycles. The number of hydrogen-bond acceptors (Lipinski definition) is 4. The van der Waals surface area contributed by atoms with E-state index in [1.165, 1.54) is 6.20 Å². The van der Waals surface area contributed by atoms with Crippen LogP contribution in [0.2, 0.25) is 5.02 Å². The second-order valence-corrected chi connectivity index (χ2v) is 5.59. The fourth-order valence-corrected chi connectivity index (χ4v) is 2.39. The number of nitrogens with one attached hydrogen (secondary N) is 2. The first-order valence-corrected chi connectivity index (χ1v) is 8.04. The number of anilines is 1. The van der Waals surface area contributed by atoms with Gasteiger partial charge in [0, 0.05) is 23.5 Å². The third-order valence-electron chi connectivity index (χ3n) is 3.43. The van der Waals surface area contributed by atoms with Crippen molar-refractivity contribution in [3.8, 4) is 11.8 Å². The number of para-hydroxylation sites is 1. The smallest absolute Gasteiger partial charge is 0.267 e. The van der Waals surface area contributed by atoms with Crippen LogP contribution in [0, 0.1) is 11.3 Å². The van der Waals surface area contributed by atoms with Gasteiger partial charge < -0.3 is 15.4 Å². The Balaban J connectivity index is 1.91. The second kappa shape index (κ2) is 9.36. The van der Waals surface area contributed by atoms with Crippen molar-refractivity contribution in [1.82, 2.24) is 5.32 Å². The van der Waals surface area contributed by atoms with Crippen molar-refractivity contribution in [2.24, 2.45) is 0 Å². The van der Waals surface area contributed by atoms with Crippen molar-refractivity contribution in [3.05, 3.63) is 70.9 Å². The average Bonchev–Trinajstić information content (AvgIpc) is 2.62. The molecule has 5 nitrogen and oxygen atoms in total. The lowest BCUT2D eigenvalue weighted by atomic mass is 10.1. The number of carbonyl (C=O) groups excluding carboxylic acids is 1. The zero-order valence-corrected chi connectivity index (χ0v) is 14.5. The summed E-state index contributed by atoms with van der Waals surface area (Å²) < 4.78 is 5.29. The Hall–Kier alpha value is -2.97. The molecule has 0 aromatic heterocycles. The van der Waals surface area contributed by atoms with E-state index in [-0.39, 0.29) is 5.57 Å². The molecule has 0 aliphatic heterocycles. The third kappa shape index (κ3) is 5.55. The van der Waals surface area contributed by atoms with E-state index in [0.29, 0.717) is 23.7 Å². The van der Waals surface area contributed by atoms with Crippen molar-refractivity contribution in [2.45, 2.75) is 6.42 Å². The molecule has 25 heavy (non-hydrogen) atoms. The number of hydrogen-bond donors (Lipinski definition) is 2. The van der Waals surface area contributed by atoms with Gasteiger partial charge in [-0.15, -0.1) is 0 Å². The first kappa shape index (κ1) is 18.4. The average molecular weight is 356 g/mol. The van der Waals surface area contributed by atoms with Gasteiger partial charge in [-0.2, -0.15) is 5.26 Å². The molecule has 0 bridgehead atoms. The van der Waals surface area contributed by atoms with Crippen LogP contribution in [-0.2, 0) is 11.2 Å². The van der Waals surface area contributed by atoms with E-state index < -0.39 is 5.91 Å². The van der Waals surface area contributed by atoms with E-state index in [9.17, 15) is 4.79 Å². The standard InChI is InChI=1S/C19H18ClN3O2/c1-25-18-8-3-2-5-14(18)9-10-22-13-15(12-21)19(24)23-17-7-4-6-16(20)11-17/h2-8,11,13,22H,9-10H2,1H3,(H,23,24)/b15-13-. The molecule has 1 amide bonds. The highest BCUT2D eigenvalue weighted by atomic mass is 35.5. The Kier molecular flexibility index (Phi) is 6.87. The van der Waals surface area contributed by atoms with Crippen molar-refractivity contribution in [3.63, 3.8) is 0 Å². The number of nitrogens with zero attached hydrogens (tertiary/aromatic N) is 1. The molecular formula is C19H18ClN3O2. The minimum Gasteiger partial charge on any atom is -0.496 e. The fourth-order valence-electron chi connectivity index (χ4n) is 2.20. The molecule has 128 valence electrons. The van der Waals surface area contributed by atoms with Crippen molar-refractivity contribution >= 4 is 23.2 Å². The number of ether oxygens (including phenoxy) is 1. The molecule has 0 aliphatic rings. The summed E-state index contributed by atoms with van der Waals surface area (Å²) in [7, 11) is 1.63. The first-order valence-electron chi connectivity index (χ1n) is 7.66. The SMILES string of the molecule is COc1ccccc1CCN/C=C(/C#N)C(=O)Nc1cccc(Cl)c1. The van der Waals surface area contributed by atoms with Crippen LogP contribution in [0.1, 0.15) is 5.56 Å². The number of methoxy groups -OCH3 is 1. The van der Waals surface area contributed by atoms with E-state index >= 15 is 0 Å². The molecule has 6 heteroatoms. The van der Waals surface area contributed by atoms with Gasteiger partial charge in [-0.05, 0) is 36.2 Å². The van der Waals surface area contributed by atoms with Crippen LogP contribution in [0.4, 0.5) is 5.69 Å². The molecular weight excluding hydrogens is 338 g/mol. The largest absolute Gasteiger partial charge is 0.496 e. The van der Waals surface area contributed by atoms with Gasteiger partial charge in [-0.1, -0.05) is 35.9 Å². The molecule has 2 aromatic rings. The molecule has 0 fully saturated rings. The minimum atomic E-state index is -0.491. The van der Waals surface area contributed by atoms with Crippen LogP contribution in [-0.4, -0.2) is 19.6 Å². The summed E-state index contributed by atoms with van der Waals surface area (Å²) in [5, 5.41) is 15.3. The van der Waals surface area contributed by atoms with Crippen molar-refractivity contribution in [2.75, 3.05) is 19.0 Å². The minimum absolute atomic E-state index is 0.0139. The molecule has 0 atom stereocenters. The lowest BCUT2D eigenvalue weighted by Crippen LogP contribution is -2.18. The van der Waals surface area contributed by atoms with Gasteiger partial charge in [-0.25, -0.2) is 0 Å². The highest BCUT2D eigenvalue weighted by Gasteiger charge is 2.09. The maximum Gasteiger partial charge on any atom is 0.267 e. The van der Waals surface area contributed by atoms with Crippen LogP contribution in [0.15, 0.2) is 60.3 Å². The number of carbonyl (C=O) groups is 1. The third-order valence-corrected chi connectivity index (χ3v) is 3.66. The summed E-state index contributed by atoms with van der Waals surface area (Å²) in [6.07, 6.45) is 2.12. The molecule has 0 radical (unpaired) electrons. The Bertz CT molecular complexity index is 812. The molecule has 0 spiro atoms. The van der Waals surface area contributed by atoms with Crippen molar-refractivity contribution in [1.29, 1.82) is 5.26 Å². The van der Waals surface area contributed by atoms with Gasteiger partial charge in [0.15, 0.2) is 0 Å². The van der Waals surface area contributed by atoms with E-state index in [2.05, 4.69) is 10.6 Å². The van der Waals surface area contributed by atoms with Crippen LogP contribution in [0.25, 0.3) is 0 Å². The first-order chi connectivity index (χ1) is 12.1. The van der Waals surface area contributed by atoms with Gasteiger partial charge in [-0.3, -0.25) is 4.79 Å². The summed E-state index contributed by atoms with van der Waals surface area (Å²) in [6.45, 7) is 0.565. The van der Waals surface area contributed by atoms with E-state index in [4.69, 9.17) is 21.6 Å². The van der Waals surface area contributed by atoms with Gasteiger partial charge in [0.2, 0.25) is 0 Å². The topological polar surface area (TPSA) is 74.1 Å². The number of nitriles is 1. The van der Waals surface area contributed by atoms with Gasteiger partial charge >= 0.3 is 0 Å². The predicted molar refractivity (Wildman–Crippen MR) is 98.5 cm³/mol. The molecule has 0 saturated carbocycles. The highest BCUT2D eigenvalue weighted by Crippen LogP contribution is 2.17. The lowest BCUT2D eigenvalue weighted by Gasteiger charge is -2.08. The Morgan fingerprint density at radius 2 is 2.08 bits per heavy atom. The zero-order valence-electron chi connectivity index (χ0n) is 13.8. The Labute approximate surface area is 151 Å². The zero-order chi connectivity index (χ0) is 18.1. The number of benzene rings is 2. The normalized spacial score (nSPS) is 10.7. The lowest BCUT2D eigenvalue weighted by molar-refractivity contribution is -0.112. The highest BCUT2D eigenvalue weighted by molar-refractivity contribution is 6.31. The monoisotopic (exact) mass is 355 g/mol. The van der Waals surface area contributed by atoms with Crippen LogP contribution in [0.3, 0.4) is 0 Å². The quantitative estimate of drug-likeness (QED) is 0.452. The van der Waals surface area contributed by atoms with Crippen LogP contribution < -0.4 is 15.4 Å².